The van der Waals surface area contributed by atoms with Crippen molar-refractivity contribution >= 4 is 23.4 Å². The van der Waals surface area contributed by atoms with Crippen LogP contribution in [-0.4, -0.2) is 34.8 Å². The Kier molecular flexibility index (Phi) is 9.15. The summed E-state index contributed by atoms with van der Waals surface area (Å²) in [5, 5.41) is 21.2. The molecule has 6 heteroatoms. The molecule has 186 valence electrons. The predicted molar refractivity (Wildman–Crippen MR) is 142 cm³/mol. The maximum Gasteiger partial charge on any atom is 0.119 e. The van der Waals surface area contributed by atoms with Gasteiger partial charge in [-0.05, 0) is 59.9 Å². The lowest BCUT2D eigenvalue weighted by Crippen LogP contribution is -2.41. The van der Waals surface area contributed by atoms with Crippen molar-refractivity contribution in [2.45, 2.75) is 56.5 Å². The summed E-state index contributed by atoms with van der Waals surface area (Å²) in [7, 11) is 0. The van der Waals surface area contributed by atoms with Gasteiger partial charge in [0.2, 0.25) is 0 Å². The van der Waals surface area contributed by atoms with Crippen LogP contribution in [0.1, 0.15) is 48.6 Å². The van der Waals surface area contributed by atoms with Crippen molar-refractivity contribution in [3.63, 3.8) is 0 Å². The van der Waals surface area contributed by atoms with Crippen LogP contribution in [-0.2, 0) is 17.8 Å². The van der Waals surface area contributed by atoms with E-state index in [0.717, 1.165) is 37.9 Å². The molecule has 1 heterocycles. The van der Waals surface area contributed by atoms with Crippen molar-refractivity contribution in [3.05, 3.63) is 94.0 Å². The van der Waals surface area contributed by atoms with Crippen LogP contribution < -0.4 is 4.74 Å². The lowest BCUT2D eigenvalue weighted by atomic mass is 9.88. The van der Waals surface area contributed by atoms with E-state index in [1.54, 1.807) is 11.8 Å². The van der Waals surface area contributed by atoms with Crippen LogP contribution >= 0.6 is 23.4 Å². The number of thioether (sulfide) groups is 1. The molecule has 4 atom stereocenters. The summed E-state index contributed by atoms with van der Waals surface area (Å²) >= 11 is 8.22. The van der Waals surface area contributed by atoms with Crippen LogP contribution in [0.2, 0.25) is 5.02 Å². The average molecular weight is 513 g/mol. The van der Waals surface area contributed by atoms with Crippen molar-refractivity contribution in [2.75, 3.05) is 12.4 Å². The Morgan fingerprint density at radius 1 is 1.06 bits per heavy atom. The fraction of sp³-hybridized carbons (Fsp3) is 0.379. The number of rotatable bonds is 9. The van der Waals surface area contributed by atoms with E-state index in [1.165, 1.54) is 0 Å². The molecule has 0 bridgehead atoms. The Hall–Kier alpha value is -2.02. The van der Waals surface area contributed by atoms with Crippen LogP contribution in [0.5, 0.6) is 5.75 Å². The molecule has 4 rings (SSSR count). The molecule has 3 aromatic rings. The topological polar surface area (TPSA) is 58.9 Å². The van der Waals surface area contributed by atoms with E-state index in [4.69, 9.17) is 21.1 Å². The molecule has 0 spiro atoms. The van der Waals surface area contributed by atoms with Gasteiger partial charge in [-0.25, -0.2) is 0 Å². The summed E-state index contributed by atoms with van der Waals surface area (Å²) < 4.78 is 12.1. The second-order valence-corrected chi connectivity index (χ2v) is 10.5. The molecule has 4 unspecified atom stereocenters. The normalized spacial score (nSPS) is 22.2. The molecule has 0 radical (unpaired) electrons. The highest BCUT2D eigenvalue weighted by molar-refractivity contribution is 7.99. The summed E-state index contributed by atoms with van der Waals surface area (Å²) in [4.78, 5) is 1.05. The second kappa shape index (κ2) is 12.3. The van der Waals surface area contributed by atoms with Gasteiger partial charge in [-0.2, -0.15) is 0 Å². The van der Waals surface area contributed by atoms with Gasteiger partial charge in [0.1, 0.15) is 5.75 Å². The molecular formula is C29H33ClO4S. The van der Waals surface area contributed by atoms with Gasteiger partial charge in [-0.3, -0.25) is 0 Å². The first-order chi connectivity index (χ1) is 17.0. The molecule has 4 nitrogen and oxygen atoms in total. The standard InChI is InChI=1S/C29H33ClO4S/c1-3-33-24-11-8-20(9-12-24)14-23-15-21(10-13-25(23)30)27-16-26(32)19(2)28(34-27)18-35-29-7-5-4-6-22(29)17-31/h4-13,15,19,26-28,31-32H,3,14,16-18H2,1-2H3. The Bertz CT molecular complexity index is 1100. The first kappa shape index (κ1) is 26.1. The minimum atomic E-state index is -0.447. The molecule has 0 saturated carbocycles. The van der Waals surface area contributed by atoms with E-state index in [0.29, 0.717) is 25.2 Å². The molecular weight excluding hydrogens is 480 g/mol. The minimum absolute atomic E-state index is 0.0113. The van der Waals surface area contributed by atoms with Gasteiger partial charge in [-0.15, -0.1) is 11.8 Å². The number of hydrogen-bond acceptors (Lipinski definition) is 5. The van der Waals surface area contributed by atoms with Crippen LogP contribution in [0.3, 0.4) is 0 Å². The SMILES string of the molecule is CCOc1ccc(Cc2cc(C3CC(O)C(C)C(CSc4ccccc4CO)O3)ccc2Cl)cc1. The molecule has 0 aliphatic carbocycles. The van der Waals surface area contributed by atoms with E-state index >= 15 is 0 Å². The fourth-order valence-corrected chi connectivity index (χ4v) is 5.85. The third-order valence-electron chi connectivity index (χ3n) is 6.60. The van der Waals surface area contributed by atoms with Crippen molar-refractivity contribution in [3.8, 4) is 5.75 Å². The molecule has 1 aliphatic rings. The number of benzene rings is 3. The van der Waals surface area contributed by atoms with Gasteiger partial charge in [-0.1, -0.05) is 61.0 Å². The quantitative estimate of drug-likeness (QED) is 0.323. The third-order valence-corrected chi connectivity index (χ3v) is 8.18. The van der Waals surface area contributed by atoms with Crippen LogP contribution in [0, 0.1) is 5.92 Å². The summed E-state index contributed by atoms with van der Waals surface area (Å²) in [5.74, 6) is 1.59. The Labute approximate surface area is 217 Å². The predicted octanol–water partition coefficient (Wildman–Crippen LogP) is 6.44. The average Bonchev–Trinajstić information content (AvgIpc) is 2.87. The van der Waals surface area contributed by atoms with E-state index < -0.39 is 6.10 Å². The van der Waals surface area contributed by atoms with Crippen molar-refractivity contribution < 1.29 is 19.7 Å². The molecule has 0 aromatic heterocycles. The van der Waals surface area contributed by atoms with E-state index in [-0.39, 0.29) is 24.7 Å². The molecule has 2 N–H and O–H groups in total. The van der Waals surface area contributed by atoms with E-state index in [9.17, 15) is 10.2 Å². The van der Waals surface area contributed by atoms with Crippen LogP contribution in [0.15, 0.2) is 71.6 Å². The van der Waals surface area contributed by atoms with Gasteiger partial charge < -0.3 is 19.7 Å². The van der Waals surface area contributed by atoms with Gasteiger partial charge in [0, 0.05) is 28.0 Å². The fourth-order valence-electron chi connectivity index (χ4n) is 4.45. The van der Waals surface area contributed by atoms with Crippen LogP contribution in [0.4, 0.5) is 0 Å². The molecule has 1 fully saturated rings. The monoisotopic (exact) mass is 512 g/mol. The Morgan fingerprint density at radius 3 is 2.57 bits per heavy atom. The molecule has 1 aliphatic heterocycles. The zero-order valence-electron chi connectivity index (χ0n) is 20.2. The van der Waals surface area contributed by atoms with Crippen molar-refractivity contribution in [2.24, 2.45) is 5.92 Å². The van der Waals surface area contributed by atoms with Gasteiger partial charge in [0.25, 0.3) is 0 Å². The molecule has 3 aromatic carbocycles. The lowest BCUT2D eigenvalue weighted by molar-refractivity contribution is -0.123. The number of aliphatic hydroxyl groups excluding tert-OH is 2. The van der Waals surface area contributed by atoms with Gasteiger partial charge >= 0.3 is 0 Å². The van der Waals surface area contributed by atoms with Crippen LogP contribution in [0.25, 0.3) is 0 Å². The highest BCUT2D eigenvalue weighted by atomic mass is 35.5. The largest absolute Gasteiger partial charge is 0.494 e. The summed E-state index contributed by atoms with van der Waals surface area (Å²) in [6, 6.07) is 22.0. The Morgan fingerprint density at radius 2 is 1.83 bits per heavy atom. The smallest absolute Gasteiger partial charge is 0.119 e. The zero-order chi connectivity index (χ0) is 24.8. The number of aliphatic hydroxyl groups is 2. The molecule has 0 amide bonds. The van der Waals surface area contributed by atoms with E-state index in [2.05, 4.69) is 18.2 Å². The number of halogens is 1. The highest BCUT2D eigenvalue weighted by Gasteiger charge is 2.36. The second-order valence-electron chi connectivity index (χ2n) is 9.01. The molecule has 35 heavy (non-hydrogen) atoms. The van der Waals surface area contributed by atoms with Crippen molar-refractivity contribution in [1.29, 1.82) is 0 Å². The highest BCUT2D eigenvalue weighted by Crippen LogP contribution is 2.38. The number of hydrogen-bond donors (Lipinski definition) is 2. The summed E-state index contributed by atoms with van der Waals surface area (Å²) in [6.07, 6.45) is 0.515. The Balaban J connectivity index is 1.47. The van der Waals surface area contributed by atoms with Crippen molar-refractivity contribution in [1.82, 2.24) is 0 Å². The van der Waals surface area contributed by atoms with Gasteiger partial charge in [0.05, 0.1) is 31.5 Å². The first-order valence-corrected chi connectivity index (χ1v) is 13.5. The lowest BCUT2D eigenvalue weighted by Gasteiger charge is -2.38. The summed E-state index contributed by atoms with van der Waals surface area (Å²) in [5.41, 5.74) is 4.14. The maximum absolute atomic E-state index is 10.8. The maximum atomic E-state index is 10.8. The minimum Gasteiger partial charge on any atom is -0.494 e. The summed E-state index contributed by atoms with van der Waals surface area (Å²) in [6.45, 7) is 4.68. The third kappa shape index (κ3) is 6.60. The van der Waals surface area contributed by atoms with E-state index in [1.807, 2.05) is 62.4 Å². The van der Waals surface area contributed by atoms with Gasteiger partial charge in [0.15, 0.2) is 0 Å². The zero-order valence-corrected chi connectivity index (χ0v) is 21.8. The first-order valence-electron chi connectivity index (χ1n) is 12.1. The number of ether oxygens (including phenoxy) is 2. The molecule has 1 saturated heterocycles.